The van der Waals surface area contributed by atoms with E-state index < -0.39 is 23.8 Å². The first-order valence-electron chi connectivity index (χ1n) is 6.78. The van der Waals surface area contributed by atoms with Crippen LogP contribution in [0.25, 0.3) is 0 Å². The Labute approximate surface area is 117 Å². The lowest BCUT2D eigenvalue weighted by Gasteiger charge is -2.20. The number of carbonyl (C=O) groups excluding carboxylic acids is 1. The Bertz CT molecular complexity index is 518. The van der Waals surface area contributed by atoms with Crippen LogP contribution in [0, 0.1) is 17.7 Å². The fourth-order valence-corrected chi connectivity index (χ4v) is 2.79. The summed E-state index contributed by atoms with van der Waals surface area (Å²) in [6.45, 7) is 1.70. The maximum Gasteiger partial charge on any atom is 0.307 e. The minimum absolute atomic E-state index is 0.300. The topological polar surface area (TPSA) is 66.4 Å². The predicted molar refractivity (Wildman–Crippen MR) is 71.4 cm³/mol. The molecule has 1 aromatic rings. The van der Waals surface area contributed by atoms with Crippen LogP contribution in [0.4, 0.5) is 4.39 Å². The van der Waals surface area contributed by atoms with Crippen molar-refractivity contribution in [3.8, 4) is 0 Å². The summed E-state index contributed by atoms with van der Waals surface area (Å²) < 4.78 is 13.6. The standard InChI is InChI=1S/C15H18FNO3/c1-9(10-5-2-3-8-13(10)16)17-14(18)11-6-4-7-12(11)15(19)20/h2-3,5,8-9,11-12H,4,6-7H2,1H3,(H,17,18)(H,19,20)/t9-,11?,12?/m1/s1. The second kappa shape index (κ2) is 6.03. The first-order chi connectivity index (χ1) is 9.50. The summed E-state index contributed by atoms with van der Waals surface area (Å²) in [5.41, 5.74) is 0.408. The molecule has 5 heteroatoms. The molecule has 1 aromatic carbocycles. The molecule has 3 atom stereocenters. The molecule has 0 heterocycles. The highest BCUT2D eigenvalue weighted by Gasteiger charge is 2.38. The number of carboxylic acid groups (broad SMARTS) is 1. The number of benzene rings is 1. The van der Waals surface area contributed by atoms with Gasteiger partial charge in [0, 0.05) is 5.56 Å². The highest BCUT2D eigenvalue weighted by Crippen LogP contribution is 2.32. The lowest BCUT2D eigenvalue weighted by molar-refractivity contribution is -0.146. The maximum atomic E-state index is 13.6. The van der Waals surface area contributed by atoms with Gasteiger partial charge in [0.15, 0.2) is 0 Å². The van der Waals surface area contributed by atoms with Gasteiger partial charge in [-0.25, -0.2) is 4.39 Å². The van der Waals surface area contributed by atoms with Crippen molar-refractivity contribution in [3.05, 3.63) is 35.6 Å². The summed E-state index contributed by atoms with van der Waals surface area (Å²) >= 11 is 0. The normalized spacial score (nSPS) is 23.3. The summed E-state index contributed by atoms with van der Waals surface area (Å²) in [6.07, 6.45) is 1.84. The zero-order valence-electron chi connectivity index (χ0n) is 11.3. The van der Waals surface area contributed by atoms with Gasteiger partial charge in [-0.3, -0.25) is 9.59 Å². The van der Waals surface area contributed by atoms with Gasteiger partial charge in [-0.05, 0) is 25.8 Å². The van der Waals surface area contributed by atoms with E-state index in [9.17, 15) is 14.0 Å². The molecule has 1 aliphatic rings. The van der Waals surface area contributed by atoms with Gasteiger partial charge < -0.3 is 10.4 Å². The Hall–Kier alpha value is -1.91. The molecule has 20 heavy (non-hydrogen) atoms. The van der Waals surface area contributed by atoms with E-state index in [2.05, 4.69) is 5.32 Å². The van der Waals surface area contributed by atoms with Crippen molar-refractivity contribution in [1.82, 2.24) is 5.32 Å². The lowest BCUT2D eigenvalue weighted by Crippen LogP contribution is -2.36. The van der Waals surface area contributed by atoms with E-state index in [0.29, 0.717) is 18.4 Å². The maximum absolute atomic E-state index is 13.6. The van der Waals surface area contributed by atoms with E-state index in [1.54, 1.807) is 25.1 Å². The van der Waals surface area contributed by atoms with Gasteiger partial charge >= 0.3 is 5.97 Å². The Morgan fingerprint density at radius 2 is 1.95 bits per heavy atom. The molecule has 0 bridgehead atoms. The van der Waals surface area contributed by atoms with Crippen molar-refractivity contribution in [2.75, 3.05) is 0 Å². The number of amides is 1. The first kappa shape index (κ1) is 14.5. The van der Waals surface area contributed by atoms with Gasteiger partial charge in [0.1, 0.15) is 5.82 Å². The molecule has 0 spiro atoms. The molecule has 2 N–H and O–H groups in total. The fourth-order valence-electron chi connectivity index (χ4n) is 2.79. The fraction of sp³-hybridized carbons (Fsp3) is 0.467. The van der Waals surface area contributed by atoms with Crippen molar-refractivity contribution in [3.63, 3.8) is 0 Å². The molecule has 2 rings (SSSR count). The van der Waals surface area contributed by atoms with Gasteiger partial charge in [-0.1, -0.05) is 24.6 Å². The van der Waals surface area contributed by atoms with Crippen LogP contribution in [0.3, 0.4) is 0 Å². The van der Waals surface area contributed by atoms with Crippen LogP contribution in [-0.4, -0.2) is 17.0 Å². The lowest BCUT2D eigenvalue weighted by atomic mass is 9.94. The van der Waals surface area contributed by atoms with Crippen LogP contribution in [0.1, 0.15) is 37.8 Å². The minimum Gasteiger partial charge on any atom is -0.481 e. The average molecular weight is 279 g/mol. The molecule has 2 unspecified atom stereocenters. The van der Waals surface area contributed by atoms with Crippen molar-refractivity contribution in [1.29, 1.82) is 0 Å². The third-order valence-electron chi connectivity index (χ3n) is 3.90. The van der Waals surface area contributed by atoms with Crippen LogP contribution in [0.2, 0.25) is 0 Å². The average Bonchev–Trinajstić information content (AvgIpc) is 2.88. The van der Waals surface area contributed by atoms with Crippen molar-refractivity contribution < 1.29 is 19.1 Å². The molecule has 108 valence electrons. The molecule has 0 saturated heterocycles. The molecule has 1 amide bonds. The summed E-state index contributed by atoms with van der Waals surface area (Å²) in [7, 11) is 0. The molecule has 0 aliphatic heterocycles. The van der Waals surface area contributed by atoms with Crippen molar-refractivity contribution in [2.45, 2.75) is 32.2 Å². The summed E-state index contributed by atoms with van der Waals surface area (Å²) in [4.78, 5) is 23.2. The number of carbonyl (C=O) groups is 2. The quantitative estimate of drug-likeness (QED) is 0.890. The summed E-state index contributed by atoms with van der Waals surface area (Å²) in [5, 5.41) is 11.8. The van der Waals surface area contributed by atoms with E-state index in [4.69, 9.17) is 5.11 Å². The predicted octanol–water partition coefficient (Wildman–Crippen LogP) is 2.50. The second-order valence-corrected chi connectivity index (χ2v) is 5.23. The monoisotopic (exact) mass is 279 g/mol. The number of aliphatic carboxylic acids is 1. The van der Waals surface area contributed by atoms with Gasteiger partial charge in [0.25, 0.3) is 0 Å². The van der Waals surface area contributed by atoms with Gasteiger partial charge in [-0.2, -0.15) is 0 Å². The van der Waals surface area contributed by atoms with Crippen LogP contribution in [0.15, 0.2) is 24.3 Å². The largest absolute Gasteiger partial charge is 0.481 e. The van der Waals surface area contributed by atoms with Crippen LogP contribution >= 0.6 is 0 Å². The Morgan fingerprint density at radius 1 is 1.30 bits per heavy atom. The molecule has 1 fully saturated rings. The highest BCUT2D eigenvalue weighted by molar-refractivity contribution is 5.85. The van der Waals surface area contributed by atoms with Crippen molar-refractivity contribution in [2.24, 2.45) is 11.8 Å². The molecular weight excluding hydrogens is 261 g/mol. The molecular formula is C15H18FNO3. The molecule has 1 aliphatic carbocycles. The minimum atomic E-state index is -0.929. The SMILES string of the molecule is C[C@@H](NC(=O)C1CCCC1C(=O)O)c1ccccc1F. The van der Waals surface area contributed by atoms with E-state index in [-0.39, 0.29) is 11.7 Å². The Balaban J connectivity index is 2.04. The highest BCUT2D eigenvalue weighted by atomic mass is 19.1. The van der Waals surface area contributed by atoms with Gasteiger partial charge in [0.05, 0.1) is 17.9 Å². The number of carboxylic acids is 1. The third-order valence-corrected chi connectivity index (χ3v) is 3.90. The Morgan fingerprint density at radius 3 is 2.60 bits per heavy atom. The third kappa shape index (κ3) is 2.98. The van der Waals surface area contributed by atoms with Gasteiger partial charge in [0.2, 0.25) is 5.91 Å². The number of hydrogen-bond donors (Lipinski definition) is 2. The summed E-state index contributed by atoms with van der Waals surface area (Å²) in [6, 6.07) is 5.78. The summed E-state index contributed by atoms with van der Waals surface area (Å²) in [5.74, 6) is -2.74. The van der Waals surface area contributed by atoms with Gasteiger partial charge in [-0.15, -0.1) is 0 Å². The number of rotatable bonds is 4. The van der Waals surface area contributed by atoms with Crippen LogP contribution in [0.5, 0.6) is 0 Å². The first-order valence-corrected chi connectivity index (χ1v) is 6.78. The zero-order chi connectivity index (χ0) is 14.7. The van der Waals surface area contributed by atoms with E-state index in [1.807, 2.05) is 0 Å². The van der Waals surface area contributed by atoms with E-state index in [0.717, 1.165) is 6.42 Å². The van der Waals surface area contributed by atoms with Crippen LogP contribution in [-0.2, 0) is 9.59 Å². The van der Waals surface area contributed by atoms with Crippen LogP contribution < -0.4 is 5.32 Å². The Kier molecular flexibility index (Phi) is 4.37. The van der Waals surface area contributed by atoms with E-state index >= 15 is 0 Å². The molecule has 0 radical (unpaired) electrons. The molecule has 0 aromatic heterocycles. The second-order valence-electron chi connectivity index (χ2n) is 5.23. The van der Waals surface area contributed by atoms with Crippen molar-refractivity contribution >= 4 is 11.9 Å². The number of halogens is 1. The van der Waals surface area contributed by atoms with E-state index in [1.165, 1.54) is 6.07 Å². The number of hydrogen-bond acceptors (Lipinski definition) is 2. The molecule has 4 nitrogen and oxygen atoms in total. The number of nitrogens with one attached hydrogen (secondary N) is 1. The molecule has 1 saturated carbocycles. The smallest absolute Gasteiger partial charge is 0.307 e. The zero-order valence-corrected chi connectivity index (χ0v) is 11.3.